The fourth-order valence-corrected chi connectivity index (χ4v) is 5.83. The Hall–Kier alpha value is -3.52. The van der Waals surface area contributed by atoms with Crippen molar-refractivity contribution in [3.05, 3.63) is 65.7 Å². The summed E-state index contributed by atoms with van der Waals surface area (Å²) in [4.78, 5) is 22.4. The van der Waals surface area contributed by atoms with Crippen LogP contribution < -0.4 is 24.5 Å². The minimum absolute atomic E-state index is 0.749. The third kappa shape index (κ3) is 5.23. The molecule has 0 amide bonds. The van der Waals surface area contributed by atoms with E-state index in [4.69, 9.17) is 14.7 Å². The predicted octanol–water partition coefficient (Wildman–Crippen LogP) is 3.58. The number of nitrogens with zero attached hydrogens (tertiary/aromatic N) is 7. The largest absolute Gasteiger partial charge is 0.378 e. The van der Waals surface area contributed by atoms with E-state index in [9.17, 15) is 0 Å². The number of morpholine rings is 1. The molecular weight excluding hydrogens is 474 g/mol. The van der Waals surface area contributed by atoms with Gasteiger partial charge < -0.3 is 29.2 Å². The lowest BCUT2D eigenvalue weighted by Gasteiger charge is -2.39. The highest BCUT2D eigenvalue weighted by atomic mass is 16.5. The van der Waals surface area contributed by atoms with Crippen molar-refractivity contribution < 1.29 is 4.74 Å². The van der Waals surface area contributed by atoms with Gasteiger partial charge in [-0.2, -0.15) is 9.97 Å². The SMILES string of the molecule is Cc1ccccc1N1CCN(c2cc(N3CCOCC3)nc(N3CCN(c4ccccc4C)CC3)n2)CC1. The number of para-hydroxylation sites is 2. The Morgan fingerprint density at radius 3 is 1.45 bits per heavy atom. The molecule has 0 radical (unpaired) electrons. The van der Waals surface area contributed by atoms with Crippen molar-refractivity contribution in [2.75, 3.05) is 103 Å². The minimum atomic E-state index is 0.749. The summed E-state index contributed by atoms with van der Waals surface area (Å²) in [5.74, 6) is 2.92. The number of hydrogen-bond donors (Lipinski definition) is 0. The van der Waals surface area contributed by atoms with Gasteiger partial charge in [-0.15, -0.1) is 0 Å². The molecule has 3 aromatic rings. The molecule has 3 aliphatic heterocycles. The highest BCUT2D eigenvalue weighted by molar-refractivity contribution is 5.59. The van der Waals surface area contributed by atoms with Crippen molar-refractivity contribution in [1.82, 2.24) is 9.97 Å². The van der Waals surface area contributed by atoms with Crippen molar-refractivity contribution in [2.24, 2.45) is 0 Å². The minimum Gasteiger partial charge on any atom is -0.378 e. The Bertz CT molecular complexity index is 1150. The second-order valence-electron chi connectivity index (χ2n) is 10.5. The molecule has 0 unspecified atom stereocenters. The van der Waals surface area contributed by atoms with Crippen molar-refractivity contribution >= 4 is 29.0 Å². The van der Waals surface area contributed by atoms with Gasteiger partial charge in [0.2, 0.25) is 5.95 Å². The van der Waals surface area contributed by atoms with E-state index < -0.39 is 0 Å². The van der Waals surface area contributed by atoms with Gasteiger partial charge in [-0.25, -0.2) is 0 Å². The first-order chi connectivity index (χ1) is 18.7. The molecule has 3 saturated heterocycles. The molecule has 0 aliphatic carbocycles. The molecule has 8 heteroatoms. The van der Waals surface area contributed by atoms with E-state index in [2.05, 4.69) is 92.9 Å². The van der Waals surface area contributed by atoms with Gasteiger partial charge in [-0.05, 0) is 37.1 Å². The third-order valence-corrected chi connectivity index (χ3v) is 8.10. The lowest BCUT2D eigenvalue weighted by molar-refractivity contribution is 0.122. The fraction of sp³-hybridized carbons (Fsp3) is 0.467. The Morgan fingerprint density at radius 1 is 0.526 bits per heavy atom. The van der Waals surface area contributed by atoms with Gasteiger partial charge in [0.1, 0.15) is 11.6 Å². The summed E-state index contributed by atoms with van der Waals surface area (Å²) in [7, 11) is 0. The molecular formula is C30H39N7O. The molecule has 0 atom stereocenters. The molecule has 0 bridgehead atoms. The van der Waals surface area contributed by atoms with Crippen LogP contribution in [-0.4, -0.2) is 88.6 Å². The number of aryl methyl sites for hydroxylation is 2. The van der Waals surface area contributed by atoms with Gasteiger partial charge in [0, 0.05) is 82.9 Å². The first kappa shape index (κ1) is 24.8. The summed E-state index contributed by atoms with van der Waals surface area (Å²) >= 11 is 0. The summed E-state index contributed by atoms with van der Waals surface area (Å²) in [6, 6.07) is 19.6. The van der Waals surface area contributed by atoms with Crippen molar-refractivity contribution in [1.29, 1.82) is 0 Å². The van der Waals surface area contributed by atoms with E-state index in [1.165, 1.54) is 22.5 Å². The summed E-state index contributed by atoms with van der Waals surface area (Å²) in [6.07, 6.45) is 0. The molecule has 1 aromatic heterocycles. The zero-order valence-electron chi connectivity index (χ0n) is 22.7. The average molecular weight is 514 g/mol. The smallest absolute Gasteiger partial charge is 0.229 e. The molecule has 0 saturated carbocycles. The number of anilines is 5. The van der Waals surface area contributed by atoms with E-state index in [-0.39, 0.29) is 0 Å². The second kappa shape index (κ2) is 11.1. The van der Waals surface area contributed by atoms with Gasteiger partial charge in [-0.1, -0.05) is 36.4 Å². The molecule has 6 rings (SSSR count). The number of aromatic nitrogens is 2. The average Bonchev–Trinajstić information content (AvgIpc) is 2.98. The van der Waals surface area contributed by atoms with Crippen molar-refractivity contribution in [3.63, 3.8) is 0 Å². The maximum Gasteiger partial charge on any atom is 0.229 e. The molecule has 3 fully saturated rings. The number of rotatable bonds is 5. The molecule has 0 N–H and O–H groups in total. The van der Waals surface area contributed by atoms with Crippen LogP contribution in [0.15, 0.2) is 54.6 Å². The molecule has 0 spiro atoms. The number of hydrogen-bond acceptors (Lipinski definition) is 8. The summed E-state index contributed by atoms with van der Waals surface area (Å²) in [6.45, 7) is 15.3. The summed E-state index contributed by atoms with van der Waals surface area (Å²) < 4.78 is 5.62. The van der Waals surface area contributed by atoms with Gasteiger partial charge >= 0.3 is 0 Å². The monoisotopic (exact) mass is 513 g/mol. The summed E-state index contributed by atoms with van der Waals surface area (Å²) in [5.41, 5.74) is 5.35. The van der Waals surface area contributed by atoms with E-state index in [0.717, 1.165) is 96.2 Å². The predicted molar refractivity (Wildman–Crippen MR) is 156 cm³/mol. The van der Waals surface area contributed by atoms with Crippen LogP contribution in [-0.2, 0) is 4.74 Å². The summed E-state index contributed by atoms with van der Waals surface area (Å²) in [5, 5.41) is 0. The van der Waals surface area contributed by atoms with Crippen LogP contribution in [0.5, 0.6) is 0 Å². The molecule has 38 heavy (non-hydrogen) atoms. The standard InChI is InChI=1S/C30H39N7O/c1-24-7-3-5-9-26(24)33-11-15-35(16-12-33)28-23-29(36-19-21-38-22-20-36)32-30(31-28)37-17-13-34(14-18-37)27-10-6-4-8-25(27)2/h3-10,23H,11-22H2,1-2H3. The topological polar surface area (TPSA) is 51.2 Å². The number of benzene rings is 2. The highest BCUT2D eigenvalue weighted by Crippen LogP contribution is 2.28. The van der Waals surface area contributed by atoms with Crippen molar-refractivity contribution in [3.8, 4) is 0 Å². The molecule has 4 heterocycles. The van der Waals surface area contributed by atoms with Gasteiger partial charge in [-0.3, -0.25) is 0 Å². The van der Waals surface area contributed by atoms with Crippen LogP contribution in [0.2, 0.25) is 0 Å². The third-order valence-electron chi connectivity index (χ3n) is 8.10. The van der Waals surface area contributed by atoms with Gasteiger partial charge in [0.15, 0.2) is 0 Å². The Balaban J connectivity index is 1.20. The maximum atomic E-state index is 5.62. The van der Waals surface area contributed by atoms with E-state index >= 15 is 0 Å². The van der Waals surface area contributed by atoms with E-state index in [0.29, 0.717) is 0 Å². The number of ether oxygens (including phenoxy) is 1. The van der Waals surface area contributed by atoms with Crippen LogP contribution in [0, 0.1) is 13.8 Å². The number of piperazine rings is 2. The Kier molecular flexibility index (Phi) is 7.22. The molecule has 8 nitrogen and oxygen atoms in total. The normalized spacial score (nSPS) is 18.7. The van der Waals surface area contributed by atoms with Crippen LogP contribution in [0.25, 0.3) is 0 Å². The van der Waals surface area contributed by atoms with E-state index in [1.54, 1.807) is 0 Å². The Morgan fingerprint density at radius 2 is 0.947 bits per heavy atom. The first-order valence-corrected chi connectivity index (χ1v) is 14.0. The van der Waals surface area contributed by atoms with E-state index in [1.807, 2.05) is 0 Å². The lowest BCUT2D eigenvalue weighted by Crippen LogP contribution is -2.48. The quantitative estimate of drug-likeness (QED) is 0.513. The zero-order chi connectivity index (χ0) is 25.9. The lowest BCUT2D eigenvalue weighted by atomic mass is 10.1. The maximum absolute atomic E-state index is 5.62. The van der Waals surface area contributed by atoms with Crippen LogP contribution >= 0.6 is 0 Å². The second-order valence-corrected chi connectivity index (χ2v) is 10.5. The van der Waals surface area contributed by atoms with Crippen LogP contribution in [0.1, 0.15) is 11.1 Å². The Labute approximate surface area is 226 Å². The van der Waals surface area contributed by atoms with Crippen molar-refractivity contribution in [2.45, 2.75) is 13.8 Å². The fourth-order valence-electron chi connectivity index (χ4n) is 5.83. The molecule has 2 aromatic carbocycles. The molecule has 200 valence electrons. The van der Waals surface area contributed by atoms with Crippen LogP contribution in [0.3, 0.4) is 0 Å². The van der Waals surface area contributed by atoms with Crippen LogP contribution in [0.4, 0.5) is 29.0 Å². The van der Waals surface area contributed by atoms with Gasteiger partial charge in [0.25, 0.3) is 0 Å². The first-order valence-electron chi connectivity index (χ1n) is 14.0. The highest BCUT2D eigenvalue weighted by Gasteiger charge is 2.25. The van der Waals surface area contributed by atoms with Gasteiger partial charge in [0.05, 0.1) is 13.2 Å². The zero-order valence-corrected chi connectivity index (χ0v) is 22.7. The molecule has 3 aliphatic rings.